The van der Waals surface area contributed by atoms with Crippen LogP contribution in [0.25, 0.3) is 11.1 Å². The van der Waals surface area contributed by atoms with E-state index in [2.05, 4.69) is 114 Å². The molecular weight excluding hydrogens is 368 g/mol. The molecule has 4 aromatic rings. The Morgan fingerprint density at radius 3 is 1.67 bits per heavy atom. The molecule has 0 atom stereocenters. The second-order valence-corrected chi connectivity index (χ2v) is 7.83. The zero-order valence-electron chi connectivity index (χ0n) is 17.9. The number of ether oxygens (including phenoxy) is 1. The maximum Gasteiger partial charge on any atom is 0.212 e. The van der Waals surface area contributed by atoms with Crippen LogP contribution in [-0.2, 0) is 13.1 Å². The third-order valence-corrected chi connectivity index (χ3v) is 5.37. The summed E-state index contributed by atoms with van der Waals surface area (Å²) in [7, 11) is 1.73. The lowest BCUT2D eigenvalue weighted by atomic mass is 10.1. The third-order valence-electron chi connectivity index (χ3n) is 5.37. The van der Waals surface area contributed by atoms with E-state index < -0.39 is 0 Å². The van der Waals surface area contributed by atoms with Gasteiger partial charge in [0.1, 0.15) is 0 Å². The molecule has 2 aromatic carbocycles. The topological polar surface area (TPSA) is 17.0 Å². The molecule has 150 valence electrons. The van der Waals surface area contributed by atoms with Crippen molar-refractivity contribution in [2.45, 2.75) is 26.9 Å². The van der Waals surface area contributed by atoms with Crippen LogP contribution in [0.4, 0.5) is 0 Å². The summed E-state index contributed by atoms with van der Waals surface area (Å²) in [5, 5.41) is 0. The Balaban J connectivity index is 1.52. The highest BCUT2D eigenvalue weighted by Crippen LogP contribution is 2.27. The van der Waals surface area contributed by atoms with Gasteiger partial charge in [-0.05, 0) is 19.4 Å². The average Bonchev–Trinajstić information content (AvgIpc) is 2.77. The van der Waals surface area contributed by atoms with Gasteiger partial charge in [-0.1, -0.05) is 59.7 Å². The minimum atomic E-state index is 0.822. The summed E-state index contributed by atoms with van der Waals surface area (Å²) in [6.07, 6.45) is 8.44. The van der Waals surface area contributed by atoms with Crippen molar-refractivity contribution in [1.82, 2.24) is 0 Å². The second-order valence-electron chi connectivity index (χ2n) is 7.83. The van der Waals surface area contributed by atoms with E-state index in [9.17, 15) is 0 Å². The van der Waals surface area contributed by atoms with Crippen LogP contribution in [-0.4, -0.2) is 7.11 Å². The zero-order valence-corrected chi connectivity index (χ0v) is 17.9. The smallest absolute Gasteiger partial charge is 0.212 e. The van der Waals surface area contributed by atoms with Gasteiger partial charge in [-0.25, -0.2) is 4.57 Å². The lowest BCUT2D eigenvalue weighted by Crippen LogP contribution is -2.34. The molecule has 0 N–H and O–H groups in total. The largest absolute Gasteiger partial charge is 0.490 e. The van der Waals surface area contributed by atoms with E-state index in [1.165, 1.54) is 22.3 Å². The fraction of sp³-hybridized carbons (Fsp3) is 0.185. The summed E-state index contributed by atoms with van der Waals surface area (Å²) in [6.45, 7) is 5.91. The predicted molar refractivity (Wildman–Crippen MR) is 119 cm³/mol. The van der Waals surface area contributed by atoms with Crippen LogP contribution in [0.5, 0.6) is 5.75 Å². The van der Waals surface area contributed by atoms with Gasteiger partial charge in [0.25, 0.3) is 0 Å². The van der Waals surface area contributed by atoms with Gasteiger partial charge in [-0.2, -0.15) is 4.57 Å². The van der Waals surface area contributed by atoms with Gasteiger partial charge in [0, 0.05) is 34.9 Å². The lowest BCUT2D eigenvalue weighted by molar-refractivity contribution is -0.688. The minimum Gasteiger partial charge on any atom is -0.490 e. The van der Waals surface area contributed by atoms with Gasteiger partial charge < -0.3 is 4.74 Å². The molecule has 2 aromatic heterocycles. The molecule has 0 amide bonds. The van der Waals surface area contributed by atoms with Crippen LogP contribution >= 0.6 is 0 Å². The normalized spacial score (nSPS) is 10.8. The van der Waals surface area contributed by atoms with Crippen molar-refractivity contribution < 1.29 is 13.9 Å². The molecule has 0 radical (unpaired) electrons. The summed E-state index contributed by atoms with van der Waals surface area (Å²) in [5.74, 6) is 0.876. The van der Waals surface area contributed by atoms with E-state index in [0.717, 1.165) is 30.0 Å². The Kier molecular flexibility index (Phi) is 5.89. The van der Waals surface area contributed by atoms with Gasteiger partial charge >= 0.3 is 0 Å². The molecule has 3 nitrogen and oxygen atoms in total. The van der Waals surface area contributed by atoms with Crippen LogP contribution in [0, 0.1) is 13.8 Å². The van der Waals surface area contributed by atoms with E-state index in [0.29, 0.717) is 0 Å². The van der Waals surface area contributed by atoms with Gasteiger partial charge in [0.2, 0.25) is 6.20 Å². The molecule has 4 rings (SSSR count). The van der Waals surface area contributed by atoms with E-state index in [1.807, 2.05) is 0 Å². The number of aromatic nitrogens is 2. The number of methoxy groups -OCH3 is 1. The maximum absolute atomic E-state index is 5.71. The SMILES string of the molecule is COc1c[n+](Cc2ccc(C)cc2)ccc1-c1cc[n+](Cc2ccc(C)cc2)cc1. The highest BCUT2D eigenvalue weighted by atomic mass is 16.5. The molecule has 0 aliphatic rings. The van der Waals surface area contributed by atoms with Gasteiger partial charge in [0.05, 0.1) is 7.11 Å². The molecule has 0 bridgehead atoms. The fourth-order valence-electron chi connectivity index (χ4n) is 3.57. The number of aryl methyl sites for hydroxylation is 2. The van der Waals surface area contributed by atoms with E-state index in [-0.39, 0.29) is 0 Å². The average molecular weight is 397 g/mol. The molecular formula is C27H28N2O+2. The summed E-state index contributed by atoms with van der Waals surface area (Å²) in [4.78, 5) is 0. The number of pyridine rings is 2. The molecule has 0 unspecified atom stereocenters. The third kappa shape index (κ3) is 4.74. The summed E-state index contributed by atoms with van der Waals surface area (Å²) in [5.41, 5.74) is 7.38. The number of rotatable bonds is 6. The number of hydrogen-bond donors (Lipinski definition) is 0. The lowest BCUT2D eigenvalue weighted by Gasteiger charge is -2.08. The van der Waals surface area contributed by atoms with Crippen molar-refractivity contribution in [3.05, 3.63) is 114 Å². The Hall–Kier alpha value is -3.46. The molecule has 0 aliphatic carbocycles. The summed E-state index contributed by atoms with van der Waals surface area (Å²) < 4.78 is 10.1. The molecule has 0 saturated carbocycles. The monoisotopic (exact) mass is 396 g/mol. The van der Waals surface area contributed by atoms with Crippen LogP contribution in [0.3, 0.4) is 0 Å². The number of hydrogen-bond acceptors (Lipinski definition) is 1. The molecule has 30 heavy (non-hydrogen) atoms. The molecule has 0 aliphatic heterocycles. The van der Waals surface area contributed by atoms with E-state index in [1.54, 1.807) is 7.11 Å². The first-order valence-corrected chi connectivity index (χ1v) is 10.3. The molecule has 0 spiro atoms. The van der Waals surface area contributed by atoms with Crippen molar-refractivity contribution in [3.63, 3.8) is 0 Å². The summed E-state index contributed by atoms with van der Waals surface area (Å²) >= 11 is 0. The first-order valence-electron chi connectivity index (χ1n) is 10.3. The molecule has 0 fully saturated rings. The quantitative estimate of drug-likeness (QED) is 0.434. The van der Waals surface area contributed by atoms with Gasteiger partial charge in [-0.3, -0.25) is 0 Å². The van der Waals surface area contributed by atoms with Crippen LogP contribution in [0.2, 0.25) is 0 Å². The molecule has 3 heteroatoms. The number of benzene rings is 2. The van der Waals surface area contributed by atoms with E-state index in [4.69, 9.17) is 4.74 Å². The summed E-state index contributed by atoms with van der Waals surface area (Å²) in [6, 6.07) is 23.8. The highest BCUT2D eigenvalue weighted by molar-refractivity contribution is 5.68. The van der Waals surface area contributed by atoms with Gasteiger partial charge in [-0.15, -0.1) is 0 Å². The van der Waals surface area contributed by atoms with Crippen molar-refractivity contribution in [2.24, 2.45) is 0 Å². The van der Waals surface area contributed by atoms with Crippen molar-refractivity contribution in [2.75, 3.05) is 7.11 Å². The Bertz CT molecular complexity index is 1120. The van der Waals surface area contributed by atoms with Crippen LogP contribution < -0.4 is 13.9 Å². The first kappa shape index (κ1) is 19.8. The van der Waals surface area contributed by atoms with Crippen molar-refractivity contribution in [1.29, 1.82) is 0 Å². The Morgan fingerprint density at radius 1 is 0.633 bits per heavy atom. The van der Waals surface area contributed by atoms with Gasteiger partial charge in [0.15, 0.2) is 37.4 Å². The van der Waals surface area contributed by atoms with E-state index >= 15 is 0 Å². The number of nitrogens with zero attached hydrogens (tertiary/aromatic N) is 2. The van der Waals surface area contributed by atoms with Crippen LogP contribution in [0.1, 0.15) is 22.3 Å². The van der Waals surface area contributed by atoms with Crippen LogP contribution in [0.15, 0.2) is 91.5 Å². The Labute approximate surface area is 178 Å². The molecule has 0 saturated heterocycles. The zero-order chi connectivity index (χ0) is 20.9. The first-order chi connectivity index (χ1) is 14.6. The maximum atomic E-state index is 5.71. The highest BCUT2D eigenvalue weighted by Gasteiger charge is 2.14. The Morgan fingerprint density at radius 2 is 1.13 bits per heavy atom. The van der Waals surface area contributed by atoms with Crippen molar-refractivity contribution >= 4 is 0 Å². The van der Waals surface area contributed by atoms with Crippen molar-refractivity contribution in [3.8, 4) is 16.9 Å². The molecule has 2 heterocycles. The fourth-order valence-corrected chi connectivity index (χ4v) is 3.57. The predicted octanol–water partition coefficient (Wildman–Crippen LogP) is 4.65. The standard InChI is InChI=1S/C27H28N2O/c1-21-4-8-23(9-5-21)18-28-15-12-25(13-16-28)26-14-17-29(20-27(26)30-3)19-24-10-6-22(2)7-11-24/h4-17,20H,18-19H2,1-3H3/q+2. The second kappa shape index (κ2) is 8.91. The minimum absolute atomic E-state index is 0.822.